The van der Waals surface area contributed by atoms with Gasteiger partial charge in [0.2, 0.25) is 0 Å². The molecular weight excluding hydrogens is 419 g/mol. The van der Waals surface area contributed by atoms with E-state index in [0.717, 1.165) is 32.1 Å². The van der Waals surface area contributed by atoms with E-state index in [-0.39, 0.29) is 28.6 Å². The van der Waals surface area contributed by atoms with Gasteiger partial charge in [0, 0.05) is 12.3 Å². The predicted molar refractivity (Wildman–Crippen MR) is 118 cm³/mol. The minimum Gasteiger partial charge on any atom is -0.455 e. The van der Waals surface area contributed by atoms with Crippen LogP contribution in [0.3, 0.4) is 0 Å². The quantitative estimate of drug-likeness (QED) is 0.288. The van der Waals surface area contributed by atoms with Crippen molar-refractivity contribution in [3.05, 3.63) is 11.6 Å². The fourth-order valence-corrected chi connectivity index (χ4v) is 9.62. The van der Waals surface area contributed by atoms with Crippen molar-refractivity contribution in [2.45, 2.75) is 89.0 Å². The van der Waals surface area contributed by atoms with E-state index in [0.29, 0.717) is 30.0 Å². The molecule has 0 bridgehead atoms. The second kappa shape index (κ2) is 6.50. The van der Waals surface area contributed by atoms with Crippen molar-refractivity contribution < 1.29 is 14.3 Å². The van der Waals surface area contributed by atoms with E-state index in [2.05, 4.69) is 19.9 Å². The molecule has 4 saturated carbocycles. The largest absolute Gasteiger partial charge is 0.455 e. The summed E-state index contributed by atoms with van der Waals surface area (Å²) in [6.45, 7) is 8.39. The van der Waals surface area contributed by atoms with Crippen LogP contribution in [-0.4, -0.2) is 21.7 Å². The number of Topliss-reactive ketones (excluding diaryl/α,β-unsaturated/α-hetero) is 1. The molecule has 30 heavy (non-hydrogen) atoms. The van der Waals surface area contributed by atoms with E-state index >= 15 is 0 Å². The lowest BCUT2D eigenvalue weighted by Crippen LogP contribution is -2.51. The molecule has 0 heterocycles. The predicted octanol–water partition coefficient (Wildman–Crippen LogP) is 6.26. The number of carbonyl (C=O) groups is 2. The second-order valence-electron chi connectivity index (χ2n) is 11.2. The molecule has 5 rings (SSSR count). The van der Waals surface area contributed by atoms with Gasteiger partial charge in [-0.15, -0.1) is 0 Å². The van der Waals surface area contributed by atoms with Crippen molar-refractivity contribution in [2.24, 2.45) is 40.4 Å². The van der Waals surface area contributed by atoms with Crippen molar-refractivity contribution in [1.29, 1.82) is 0 Å². The monoisotopic (exact) mass is 452 g/mol. The standard InChI is InChI=1S/C25H34Cl2O3/c1-5-20(29)30-24-13-12-23(4)18-10-11-22(3)16(14(2)28)8-9-17(22)15(18)6-7-19(23)21(24)25(24,26)27/h7,15-18,21H,5-6,8-13H2,1-4H3/t15-,16+,17-,18-,21-,22+,23+,24+/m0/s1. The summed E-state index contributed by atoms with van der Waals surface area (Å²) >= 11 is 13.6. The van der Waals surface area contributed by atoms with Crippen LogP contribution >= 0.6 is 23.2 Å². The van der Waals surface area contributed by atoms with Gasteiger partial charge in [-0.1, -0.05) is 55.6 Å². The van der Waals surface area contributed by atoms with E-state index in [1.54, 1.807) is 6.92 Å². The number of rotatable bonds is 3. The van der Waals surface area contributed by atoms with Crippen LogP contribution in [0.1, 0.15) is 79.1 Å². The van der Waals surface area contributed by atoms with Crippen molar-refractivity contribution in [2.75, 3.05) is 0 Å². The number of alkyl halides is 2. The first-order valence-corrected chi connectivity index (χ1v) is 12.6. The summed E-state index contributed by atoms with van der Waals surface area (Å²) < 4.78 is 4.88. The molecule has 3 nitrogen and oxygen atoms in total. The number of halogens is 2. The molecule has 0 radical (unpaired) electrons. The van der Waals surface area contributed by atoms with Crippen molar-refractivity contribution in [1.82, 2.24) is 0 Å². The average Bonchev–Trinajstić information content (AvgIpc) is 2.97. The number of carbonyl (C=O) groups excluding carboxylic acids is 2. The highest BCUT2D eigenvalue weighted by molar-refractivity contribution is 6.53. The van der Waals surface area contributed by atoms with Gasteiger partial charge in [0.05, 0.1) is 5.92 Å². The van der Waals surface area contributed by atoms with E-state index in [1.807, 2.05) is 6.92 Å². The minimum atomic E-state index is -1.01. The maximum Gasteiger partial charge on any atom is 0.306 e. The SMILES string of the molecule is CCC(=O)O[C@]12CC[C@@]3(C)C(=CC[C@H]4[C@@H]5CC[C@H](C(C)=O)[C@@]5(C)CC[C@@H]43)[C@@H]1C2(Cl)Cl. The number of ether oxygens (including phenoxy) is 1. The van der Waals surface area contributed by atoms with Gasteiger partial charge in [0.25, 0.3) is 0 Å². The number of esters is 1. The van der Waals surface area contributed by atoms with Gasteiger partial charge in [-0.3, -0.25) is 9.59 Å². The van der Waals surface area contributed by atoms with Crippen LogP contribution in [0.25, 0.3) is 0 Å². The van der Waals surface area contributed by atoms with Gasteiger partial charge >= 0.3 is 5.97 Å². The molecule has 0 aromatic rings. The molecular formula is C25H34Cl2O3. The van der Waals surface area contributed by atoms with Crippen LogP contribution < -0.4 is 0 Å². The molecule has 0 saturated heterocycles. The minimum absolute atomic E-state index is 0.0663. The molecule has 8 atom stereocenters. The van der Waals surface area contributed by atoms with Crippen LogP contribution in [0.2, 0.25) is 0 Å². The lowest BCUT2D eigenvalue weighted by molar-refractivity contribution is -0.154. The molecule has 4 fully saturated rings. The highest BCUT2D eigenvalue weighted by atomic mass is 35.5. The Hall–Kier alpha value is -0.540. The van der Waals surface area contributed by atoms with Gasteiger partial charge in [-0.05, 0) is 80.5 Å². The van der Waals surface area contributed by atoms with Gasteiger partial charge in [0.15, 0.2) is 9.93 Å². The van der Waals surface area contributed by atoms with Crippen molar-refractivity contribution in [3.63, 3.8) is 0 Å². The highest BCUT2D eigenvalue weighted by Gasteiger charge is 2.83. The number of ketones is 1. The molecule has 0 aliphatic heterocycles. The molecule has 0 amide bonds. The second-order valence-corrected chi connectivity index (χ2v) is 12.6. The summed E-state index contributed by atoms with van der Waals surface area (Å²) in [5.74, 6) is 2.18. The Morgan fingerprint density at radius 2 is 1.83 bits per heavy atom. The maximum absolute atomic E-state index is 12.3. The van der Waals surface area contributed by atoms with Crippen LogP contribution in [-0.2, 0) is 14.3 Å². The summed E-state index contributed by atoms with van der Waals surface area (Å²) in [7, 11) is 0. The molecule has 0 N–H and O–H groups in total. The lowest BCUT2D eigenvalue weighted by atomic mass is 9.47. The lowest BCUT2D eigenvalue weighted by Gasteiger charge is -2.57. The molecule has 0 unspecified atom stereocenters. The molecule has 0 spiro atoms. The fourth-order valence-electron chi connectivity index (χ4n) is 8.65. The van der Waals surface area contributed by atoms with Crippen LogP contribution in [0, 0.1) is 40.4 Å². The molecule has 5 aliphatic carbocycles. The first kappa shape index (κ1) is 21.3. The fraction of sp³-hybridized carbons (Fsp3) is 0.840. The molecule has 0 aromatic carbocycles. The summed E-state index contributed by atoms with van der Waals surface area (Å²) in [6.07, 6.45) is 10.0. The molecule has 5 aliphatic rings. The Labute approximate surface area is 190 Å². The van der Waals surface area contributed by atoms with E-state index < -0.39 is 9.93 Å². The molecule has 5 heteroatoms. The Morgan fingerprint density at radius 3 is 2.50 bits per heavy atom. The summed E-state index contributed by atoms with van der Waals surface area (Å²) in [4.78, 5) is 24.5. The summed E-state index contributed by atoms with van der Waals surface area (Å²) in [5, 5.41) is 0. The maximum atomic E-state index is 12.3. The van der Waals surface area contributed by atoms with Crippen molar-refractivity contribution >= 4 is 35.0 Å². The van der Waals surface area contributed by atoms with Gasteiger partial charge in [-0.25, -0.2) is 0 Å². The van der Waals surface area contributed by atoms with Crippen LogP contribution in [0.4, 0.5) is 0 Å². The number of hydrogen-bond donors (Lipinski definition) is 0. The van der Waals surface area contributed by atoms with Crippen LogP contribution in [0.15, 0.2) is 11.6 Å². The number of allylic oxidation sites excluding steroid dienone is 1. The number of fused-ring (bicyclic) bond motifs is 7. The average molecular weight is 453 g/mol. The zero-order chi connectivity index (χ0) is 21.7. The van der Waals surface area contributed by atoms with Gasteiger partial charge in [0.1, 0.15) is 5.78 Å². The third kappa shape index (κ3) is 2.46. The zero-order valence-electron chi connectivity index (χ0n) is 18.6. The normalized spacial score (nSPS) is 50.3. The Morgan fingerprint density at radius 1 is 1.10 bits per heavy atom. The van der Waals surface area contributed by atoms with Gasteiger partial charge < -0.3 is 4.74 Å². The first-order valence-electron chi connectivity index (χ1n) is 11.8. The van der Waals surface area contributed by atoms with E-state index in [9.17, 15) is 9.59 Å². The number of hydrogen-bond acceptors (Lipinski definition) is 3. The first-order chi connectivity index (χ1) is 14.0. The van der Waals surface area contributed by atoms with Crippen LogP contribution in [0.5, 0.6) is 0 Å². The smallest absolute Gasteiger partial charge is 0.306 e. The van der Waals surface area contributed by atoms with Crippen molar-refractivity contribution in [3.8, 4) is 0 Å². The molecule has 166 valence electrons. The third-order valence-electron chi connectivity index (χ3n) is 10.2. The van der Waals surface area contributed by atoms with E-state index in [4.69, 9.17) is 27.9 Å². The summed E-state index contributed by atoms with van der Waals surface area (Å²) in [6, 6.07) is 0. The van der Waals surface area contributed by atoms with Gasteiger partial charge in [-0.2, -0.15) is 0 Å². The summed E-state index contributed by atoms with van der Waals surface area (Å²) in [5.41, 5.74) is 0.828. The Kier molecular flexibility index (Phi) is 4.62. The van der Waals surface area contributed by atoms with E-state index in [1.165, 1.54) is 18.4 Å². The highest BCUT2D eigenvalue weighted by Crippen LogP contribution is 2.78. The zero-order valence-corrected chi connectivity index (χ0v) is 20.1. The topological polar surface area (TPSA) is 43.4 Å². The third-order valence-corrected chi connectivity index (χ3v) is 11.3. The Balaban J connectivity index is 1.47. The Bertz CT molecular complexity index is 834. The molecule has 0 aromatic heterocycles.